The second-order valence-electron chi connectivity index (χ2n) is 7.30. The highest BCUT2D eigenvalue weighted by atomic mass is 35.5. The maximum atomic E-state index is 13.0. The Kier molecular flexibility index (Phi) is 5.76. The van der Waals surface area contributed by atoms with Gasteiger partial charge in [-0.1, -0.05) is 11.6 Å². The summed E-state index contributed by atoms with van der Waals surface area (Å²) in [5.41, 5.74) is 1.39. The van der Waals surface area contributed by atoms with Crippen molar-refractivity contribution in [1.29, 1.82) is 0 Å². The smallest absolute Gasteiger partial charge is 0.295 e. The van der Waals surface area contributed by atoms with Gasteiger partial charge in [0, 0.05) is 23.7 Å². The summed E-state index contributed by atoms with van der Waals surface area (Å²) >= 11 is 5.97. The van der Waals surface area contributed by atoms with Gasteiger partial charge in [-0.2, -0.15) is 4.98 Å². The van der Waals surface area contributed by atoms with Crippen molar-refractivity contribution < 1.29 is 17.2 Å². The highest BCUT2D eigenvalue weighted by Crippen LogP contribution is 2.28. The minimum absolute atomic E-state index is 0.0744. The lowest BCUT2D eigenvalue weighted by Gasteiger charge is -2.28. The van der Waals surface area contributed by atoms with Crippen LogP contribution in [-0.2, 0) is 10.0 Å². The molecule has 0 saturated heterocycles. The Bertz CT molecular complexity index is 1090. The third kappa shape index (κ3) is 4.88. The number of hydrogen-bond donors (Lipinski definition) is 2. The predicted molar refractivity (Wildman–Crippen MR) is 110 cm³/mol. The van der Waals surface area contributed by atoms with E-state index in [0.717, 1.165) is 43.3 Å². The van der Waals surface area contributed by atoms with Gasteiger partial charge in [0.1, 0.15) is 11.3 Å². The number of sulfonamides is 1. The number of aromatic nitrogens is 1. The lowest BCUT2D eigenvalue weighted by Crippen LogP contribution is -2.34. The van der Waals surface area contributed by atoms with E-state index in [0.29, 0.717) is 23.2 Å². The van der Waals surface area contributed by atoms with Crippen LogP contribution < -0.4 is 10.0 Å². The number of rotatable bonds is 6. The molecular formula is C20H21ClFN3O3S. The van der Waals surface area contributed by atoms with Crippen LogP contribution in [0.1, 0.15) is 25.7 Å². The number of oxazole rings is 1. The average molecular weight is 438 g/mol. The van der Waals surface area contributed by atoms with Crippen molar-refractivity contribution >= 4 is 38.7 Å². The van der Waals surface area contributed by atoms with Crippen molar-refractivity contribution in [1.82, 2.24) is 9.71 Å². The lowest BCUT2D eigenvalue weighted by molar-refractivity contribution is 0.334. The first kappa shape index (κ1) is 20.1. The quantitative estimate of drug-likeness (QED) is 0.590. The Labute approximate surface area is 173 Å². The fourth-order valence-corrected chi connectivity index (χ4v) is 4.85. The zero-order valence-corrected chi connectivity index (χ0v) is 17.1. The number of anilines is 1. The van der Waals surface area contributed by atoms with Gasteiger partial charge < -0.3 is 9.73 Å². The van der Waals surface area contributed by atoms with Gasteiger partial charge in [-0.3, -0.25) is 0 Å². The van der Waals surface area contributed by atoms with Gasteiger partial charge in [-0.25, -0.2) is 17.5 Å². The molecular weight excluding hydrogens is 417 g/mol. The second kappa shape index (κ2) is 8.30. The van der Waals surface area contributed by atoms with Crippen molar-refractivity contribution in [3.05, 3.63) is 53.3 Å². The molecule has 1 aromatic heterocycles. The van der Waals surface area contributed by atoms with Crippen LogP contribution in [0.2, 0.25) is 5.02 Å². The van der Waals surface area contributed by atoms with E-state index < -0.39 is 15.8 Å². The van der Waals surface area contributed by atoms with Gasteiger partial charge in [0.25, 0.3) is 6.01 Å². The molecule has 0 amide bonds. The van der Waals surface area contributed by atoms with Crippen LogP contribution in [0.3, 0.4) is 0 Å². The van der Waals surface area contributed by atoms with Crippen LogP contribution in [0.15, 0.2) is 51.8 Å². The molecule has 9 heteroatoms. The number of fused-ring (bicyclic) bond motifs is 1. The van der Waals surface area contributed by atoms with Crippen LogP contribution in [-0.4, -0.2) is 26.0 Å². The van der Waals surface area contributed by atoms with E-state index in [9.17, 15) is 12.8 Å². The standard InChI is InChI=1S/C20H21ClFN3O3S/c21-14-3-10-18-19(11-14)28-20(25-18)24-16-6-1-13(2-7-16)12-23-29(26,27)17-8-4-15(22)5-9-17/h3-5,8-11,13,16,23H,1-2,6-7,12H2,(H,24,25)/t13-,16-. The third-order valence-corrected chi connectivity index (χ3v) is 6.89. The van der Waals surface area contributed by atoms with Crippen LogP contribution in [0.25, 0.3) is 11.1 Å². The molecule has 3 aromatic rings. The summed E-state index contributed by atoms with van der Waals surface area (Å²) in [6, 6.07) is 10.9. The lowest BCUT2D eigenvalue weighted by atomic mass is 9.86. The molecule has 1 saturated carbocycles. The molecule has 0 atom stereocenters. The van der Waals surface area contributed by atoms with Crippen LogP contribution in [0, 0.1) is 11.7 Å². The van der Waals surface area contributed by atoms with E-state index in [4.69, 9.17) is 16.0 Å². The molecule has 1 aliphatic rings. The molecule has 1 fully saturated rings. The largest absolute Gasteiger partial charge is 0.423 e. The Morgan fingerprint density at radius 3 is 2.55 bits per heavy atom. The summed E-state index contributed by atoms with van der Waals surface area (Å²) in [7, 11) is -3.62. The minimum Gasteiger partial charge on any atom is -0.423 e. The summed E-state index contributed by atoms with van der Waals surface area (Å²) in [5.74, 6) is -0.206. The molecule has 1 heterocycles. The second-order valence-corrected chi connectivity index (χ2v) is 9.50. The van der Waals surface area contributed by atoms with Gasteiger partial charge in [0.05, 0.1) is 4.90 Å². The summed E-state index contributed by atoms with van der Waals surface area (Å²) in [6.07, 6.45) is 3.55. The normalized spacial score (nSPS) is 20.1. The molecule has 0 radical (unpaired) electrons. The zero-order chi connectivity index (χ0) is 20.4. The zero-order valence-electron chi connectivity index (χ0n) is 15.6. The molecule has 154 valence electrons. The summed E-state index contributed by atoms with van der Waals surface area (Å²) in [4.78, 5) is 4.49. The topological polar surface area (TPSA) is 84.2 Å². The van der Waals surface area contributed by atoms with E-state index in [1.54, 1.807) is 12.1 Å². The predicted octanol–water partition coefficient (Wildman–Crippen LogP) is 4.57. The first-order chi connectivity index (χ1) is 13.9. The first-order valence-electron chi connectivity index (χ1n) is 9.47. The van der Waals surface area contributed by atoms with E-state index in [1.165, 1.54) is 12.1 Å². The summed E-state index contributed by atoms with van der Waals surface area (Å²) < 4.78 is 46.0. The van der Waals surface area contributed by atoms with Gasteiger partial charge in [-0.05, 0) is 68.0 Å². The Morgan fingerprint density at radius 1 is 1.10 bits per heavy atom. The molecule has 1 aliphatic carbocycles. The number of nitrogens with one attached hydrogen (secondary N) is 2. The van der Waals surface area contributed by atoms with Gasteiger partial charge in [-0.15, -0.1) is 0 Å². The Balaban J connectivity index is 1.28. The van der Waals surface area contributed by atoms with Gasteiger partial charge in [0.2, 0.25) is 10.0 Å². The molecule has 0 unspecified atom stereocenters. The minimum atomic E-state index is -3.62. The first-order valence-corrected chi connectivity index (χ1v) is 11.3. The molecule has 2 N–H and O–H groups in total. The SMILES string of the molecule is O=S(=O)(NC[C@H]1CC[C@H](Nc2nc3ccc(Cl)cc3o2)CC1)c1ccc(F)cc1. The molecule has 4 rings (SSSR count). The van der Waals surface area contributed by atoms with Crippen molar-refractivity contribution in [2.24, 2.45) is 5.92 Å². The molecule has 0 spiro atoms. The fraction of sp³-hybridized carbons (Fsp3) is 0.350. The van der Waals surface area contributed by atoms with Crippen molar-refractivity contribution in [2.45, 2.75) is 36.6 Å². The van der Waals surface area contributed by atoms with Crippen LogP contribution >= 0.6 is 11.6 Å². The summed E-state index contributed by atoms with van der Waals surface area (Å²) in [6.45, 7) is 0.369. The van der Waals surface area contributed by atoms with E-state index >= 15 is 0 Å². The van der Waals surface area contributed by atoms with Gasteiger partial charge >= 0.3 is 0 Å². The molecule has 0 aliphatic heterocycles. The highest BCUT2D eigenvalue weighted by Gasteiger charge is 2.24. The average Bonchev–Trinajstić information content (AvgIpc) is 3.09. The van der Waals surface area contributed by atoms with Crippen LogP contribution in [0.5, 0.6) is 0 Å². The Hall–Kier alpha value is -2.16. The molecule has 2 aromatic carbocycles. The van der Waals surface area contributed by atoms with Crippen molar-refractivity contribution in [3.63, 3.8) is 0 Å². The fourth-order valence-electron chi connectivity index (χ4n) is 3.57. The number of halogens is 2. The molecule has 6 nitrogen and oxygen atoms in total. The van der Waals surface area contributed by atoms with Gasteiger partial charge in [0.15, 0.2) is 5.58 Å². The number of hydrogen-bond acceptors (Lipinski definition) is 5. The van der Waals surface area contributed by atoms with Crippen molar-refractivity contribution in [3.8, 4) is 0 Å². The maximum Gasteiger partial charge on any atom is 0.295 e. The van der Waals surface area contributed by atoms with Crippen LogP contribution in [0.4, 0.5) is 10.4 Å². The maximum absolute atomic E-state index is 13.0. The van der Waals surface area contributed by atoms with E-state index in [2.05, 4.69) is 15.0 Å². The number of nitrogens with zero attached hydrogens (tertiary/aromatic N) is 1. The molecule has 0 bridgehead atoms. The Morgan fingerprint density at radius 2 is 1.83 bits per heavy atom. The van der Waals surface area contributed by atoms with E-state index in [-0.39, 0.29) is 16.9 Å². The summed E-state index contributed by atoms with van der Waals surface area (Å²) in [5, 5.41) is 3.92. The van der Waals surface area contributed by atoms with E-state index in [1.807, 2.05) is 6.07 Å². The number of benzene rings is 2. The highest BCUT2D eigenvalue weighted by molar-refractivity contribution is 7.89. The van der Waals surface area contributed by atoms with Crippen molar-refractivity contribution in [2.75, 3.05) is 11.9 Å². The third-order valence-electron chi connectivity index (χ3n) is 5.21. The molecule has 29 heavy (non-hydrogen) atoms. The monoisotopic (exact) mass is 437 g/mol.